The molecule has 0 unspecified atom stereocenters. The van der Waals surface area contributed by atoms with Crippen molar-refractivity contribution in [3.05, 3.63) is 71.8 Å². The summed E-state index contributed by atoms with van der Waals surface area (Å²) >= 11 is 0. The first kappa shape index (κ1) is 23.0. The third-order valence-corrected chi connectivity index (χ3v) is 6.09. The predicted molar refractivity (Wildman–Crippen MR) is 125 cm³/mol. The van der Waals surface area contributed by atoms with E-state index in [2.05, 4.69) is 4.72 Å². The molecule has 0 bridgehead atoms. The van der Waals surface area contributed by atoms with Crippen molar-refractivity contribution >= 4 is 27.9 Å². The molecule has 8 heteroatoms. The van der Waals surface area contributed by atoms with Gasteiger partial charge in [0.1, 0.15) is 5.75 Å². The molecule has 0 radical (unpaired) electrons. The van der Waals surface area contributed by atoms with Crippen LogP contribution in [0.15, 0.2) is 65.6 Å². The van der Waals surface area contributed by atoms with E-state index in [-0.39, 0.29) is 4.90 Å². The van der Waals surface area contributed by atoms with E-state index in [1.165, 1.54) is 19.2 Å². The number of nitrogens with one attached hydrogen (secondary N) is 1. The first-order chi connectivity index (χ1) is 15.4. The zero-order valence-electron chi connectivity index (χ0n) is 18.3. The van der Waals surface area contributed by atoms with Crippen LogP contribution in [0.25, 0.3) is 12.2 Å². The van der Waals surface area contributed by atoms with Crippen LogP contribution >= 0.6 is 0 Å². The predicted octanol–water partition coefficient (Wildman–Crippen LogP) is 4.69. The average Bonchev–Trinajstić information content (AvgIpc) is 2.82. The summed E-state index contributed by atoms with van der Waals surface area (Å²) in [4.78, 5) is 0.157. The quantitative estimate of drug-likeness (QED) is 0.471. The Labute approximate surface area is 188 Å². The topological polar surface area (TPSA) is 83.1 Å². The summed E-state index contributed by atoms with van der Waals surface area (Å²) in [6.07, 6.45) is 3.81. The first-order valence-corrected chi connectivity index (χ1v) is 11.1. The molecule has 168 valence electrons. The van der Waals surface area contributed by atoms with Gasteiger partial charge in [-0.3, -0.25) is 4.72 Å². The minimum absolute atomic E-state index is 0.157. The molecule has 3 aromatic rings. The van der Waals surface area contributed by atoms with Gasteiger partial charge in [-0.1, -0.05) is 24.3 Å². The summed E-state index contributed by atoms with van der Waals surface area (Å²) in [5.41, 5.74) is 2.22. The van der Waals surface area contributed by atoms with Gasteiger partial charge in [0.2, 0.25) is 5.75 Å². The molecule has 0 aliphatic carbocycles. The Balaban J connectivity index is 1.75. The van der Waals surface area contributed by atoms with Crippen molar-refractivity contribution in [1.29, 1.82) is 0 Å². The zero-order valence-corrected chi connectivity index (χ0v) is 19.1. The highest BCUT2D eigenvalue weighted by Crippen LogP contribution is 2.38. The van der Waals surface area contributed by atoms with Crippen LogP contribution in [0.4, 0.5) is 5.69 Å². The van der Waals surface area contributed by atoms with Crippen LogP contribution in [-0.2, 0) is 10.0 Å². The number of hydrogen-bond donors (Lipinski definition) is 1. The molecule has 0 aliphatic rings. The molecular formula is C24H25NO6S. The third-order valence-electron chi connectivity index (χ3n) is 4.69. The molecule has 7 nitrogen and oxygen atoms in total. The molecule has 3 rings (SSSR count). The maximum Gasteiger partial charge on any atom is 0.261 e. The number of anilines is 1. The lowest BCUT2D eigenvalue weighted by Gasteiger charge is -2.12. The fourth-order valence-electron chi connectivity index (χ4n) is 3.02. The molecule has 0 atom stereocenters. The molecule has 0 saturated heterocycles. The van der Waals surface area contributed by atoms with E-state index in [9.17, 15) is 8.42 Å². The molecule has 0 heterocycles. The Bertz CT molecular complexity index is 1160. The molecule has 32 heavy (non-hydrogen) atoms. The molecule has 0 fully saturated rings. The highest BCUT2D eigenvalue weighted by Gasteiger charge is 2.14. The van der Waals surface area contributed by atoms with Crippen LogP contribution in [0.1, 0.15) is 11.1 Å². The summed E-state index contributed by atoms with van der Waals surface area (Å²) in [5, 5.41) is 0. The van der Waals surface area contributed by atoms with E-state index < -0.39 is 10.0 Å². The first-order valence-electron chi connectivity index (χ1n) is 9.65. The second kappa shape index (κ2) is 10.1. The van der Waals surface area contributed by atoms with Crippen molar-refractivity contribution in [3.63, 3.8) is 0 Å². The Morgan fingerprint density at radius 3 is 1.75 bits per heavy atom. The van der Waals surface area contributed by atoms with Gasteiger partial charge in [0.05, 0.1) is 33.3 Å². The molecular weight excluding hydrogens is 430 g/mol. The van der Waals surface area contributed by atoms with Crippen LogP contribution in [0.3, 0.4) is 0 Å². The second-order valence-electron chi connectivity index (χ2n) is 6.70. The van der Waals surface area contributed by atoms with Crippen molar-refractivity contribution in [2.45, 2.75) is 4.90 Å². The number of benzene rings is 3. The van der Waals surface area contributed by atoms with E-state index in [0.29, 0.717) is 28.7 Å². The molecule has 0 aliphatic heterocycles. The molecule has 0 spiro atoms. The molecule has 3 aromatic carbocycles. The Morgan fingerprint density at radius 2 is 1.25 bits per heavy atom. The zero-order chi connectivity index (χ0) is 23.1. The summed E-state index contributed by atoms with van der Waals surface area (Å²) in [6, 6.07) is 16.9. The van der Waals surface area contributed by atoms with E-state index in [4.69, 9.17) is 18.9 Å². The normalized spacial score (nSPS) is 11.2. The highest BCUT2D eigenvalue weighted by molar-refractivity contribution is 7.92. The smallest absolute Gasteiger partial charge is 0.261 e. The van der Waals surface area contributed by atoms with E-state index in [1.807, 2.05) is 36.4 Å². The number of methoxy groups -OCH3 is 4. The van der Waals surface area contributed by atoms with Gasteiger partial charge in [-0.2, -0.15) is 0 Å². The van der Waals surface area contributed by atoms with Gasteiger partial charge in [0.15, 0.2) is 11.5 Å². The minimum atomic E-state index is -3.69. The van der Waals surface area contributed by atoms with Gasteiger partial charge in [-0.05, 0) is 59.7 Å². The fourth-order valence-corrected chi connectivity index (χ4v) is 4.08. The fraction of sp³-hybridized carbons (Fsp3) is 0.167. The molecule has 0 saturated carbocycles. The van der Waals surface area contributed by atoms with Crippen LogP contribution in [-0.4, -0.2) is 36.9 Å². The van der Waals surface area contributed by atoms with Crippen molar-refractivity contribution in [2.24, 2.45) is 0 Å². The maximum atomic E-state index is 12.6. The number of rotatable bonds is 9. The van der Waals surface area contributed by atoms with Crippen LogP contribution in [0, 0.1) is 0 Å². The van der Waals surface area contributed by atoms with Crippen molar-refractivity contribution < 1.29 is 27.4 Å². The maximum absolute atomic E-state index is 12.6. The Kier molecular flexibility index (Phi) is 7.27. The Morgan fingerprint density at radius 1 is 0.688 bits per heavy atom. The van der Waals surface area contributed by atoms with Crippen LogP contribution in [0.2, 0.25) is 0 Å². The van der Waals surface area contributed by atoms with Crippen LogP contribution in [0.5, 0.6) is 23.0 Å². The largest absolute Gasteiger partial charge is 0.497 e. The number of ether oxygens (including phenoxy) is 4. The van der Waals surface area contributed by atoms with Crippen molar-refractivity contribution in [1.82, 2.24) is 0 Å². The summed E-state index contributed by atoms with van der Waals surface area (Å²) in [6.45, 7) is 0. The van der Waals surface area contributed by atoms with E-state index >= 15 is 0 Å². The minimum Gasteiger partial charge on any atom is -0.497 e. The van der Waals surface area contributed by atoms with Gasteiger partial charge in [-0.25, -0.2) is 8.42 Å². The lowest BCUT2D eigenvalue weighted by atomic mass is 10.1. The van der Waals surface area contributed by atoms with E-state index in [0.717, 1.165) is 11.1 Å². The van der Waals surface area contributed by atoms with Crippen molar-refractivity contribution in [2.75, 3.05) is 33.2 Å². The molecule has 0 amide bonds. The second-order valence-corrected chi connectivity index (χ2v) is 8.38. The van der Waals surface area contributed by atoms with Gasteiger partial charge >= 0.3 is 0 Å². The molecule has 0 aromatic heterocycles. The molecule has 1 N–H and O–H groups in total. The number of sulfonamides is 1. The van der Waals surface area contributed by atoms with Crippen LogP contribution < -0.4 is 23.7 Å². The lowest BCUT2D eigenvalue weighted by molar-refractivity contribution is 0.324. The monoisotopic (exact) mass is 455 g/mol. The Hall–Kier alpha value is -3.65. The standard InChI is InChI=1S/C24H25NO6S/c1-28-20-11-13-21(14-12-20)32(26,27)25-19-9-7-17(8-10-19)5-6-18-15-22(29-2)24(31-4)23(16-18)30-3/h5-16,25H,1-4H3. The summed E-state index contributed by atoms with van der Waals surface area (Å²) in [5.74, 6) is 2.25. The lowest BCUT2D eigenvalue weighted by Crippen LogP contribution is -2.12. The summed E-state index contributed by atoms with van der Waals surface area (Å²) in [7, 11) is 2.52. The van der Waals surface area contributed by atoms with E-state index in [1.54, 1.807) is 45.6 Å². The van der Waals surface area contributed by atoms with Gasteiger partial charge < -0.3 is 18.9 Å². The van der Waals surface area contributed by atoms with Gasteiger partial charge in [0, 0.05) is 5.69 Å². The number of hydrogen-bond acceptors (Lipinski definition) is 6. The van der Waals surface area contributed by atoms with Gasteiger partial charge in [-0.15, -0.1) is 0 Å². The van der Waals surface area contributed by atoms with Crippen molar-refractivity contribution in [3.8, 4) is 23.0 Å². The SMILES string of the molecule is COc1ccc(S(=O)(=O)Nc2ccc(C=Cc3cc(OC)c(OC)c(OC)c3)cc2)cc1. The summed E-state index contributed by atoms with van der Waals surface area (Å²) < 4.78 is 48.9. The highest BCUT2D eigenvalue weighted by atomic mass is 32.2. The third kappa shape index (κ3) is 5.33. The average molecular weight is 456 g/mol. The van der Waals surface area contributed by atoms with Gasteiger partial charge in [0.25, 0.3) is 10.0 Å².